The van der Waals surface area contributed by atoms with Gasteiger partial charge in [-0.3, -0.25) is 10.1 Å². The van der Waals surface area contributed by atoms with Crippen LogP contribution in [0.15, 0.2) is 59.0 Å². The zero-order chi connectivity index (χ0) is 19.2. The predicted molar refractivity (Wildman–Crippen MR) is 96.7 cm³/mol. The molecule has 0 saturated carbocycles. The molecule has 0 saturated heterocycles. The number of esters is 1. The van der Waals surface area contributed by atoms with Crippen molar-refractivity contribution < 1.29 is 18.9 Å². The molecule has 1 heterocycles. The SMILES string of the molecule is O=C(/C=C/c1cccc(Cl)c1)OCc1nnc(-c2ccc([N+](=O)[O-])cc2)o1. The molecule has 0 radical (unpaired) electrons. The molecule has 0 aliphatic heterocycles. The molecule has 0 unspecified atom stereocenters. The maximum absolute atomic E-state index is 11.8. The lowest BCUT2D eigenvalue weighted by molar-refractivity contribution is -0.384. The minimum atomic E-state index is -0.579. The first kappa shape index (κ1) is 18.3. The number of benzene rings is 2. The van der Waals surface area contributed by atoms with Gasteiger partial charge in [0, 0.05) is 28.8 Å². The molecule has 0 fully saturated rings. The fraction of sp³-hybridized carbons (Fsp3) is 0.0556. The monoisotopic (exact) mass is 385 g/mol. The molecule has 1 aromatic heterocycles. The first-order valence-electron chi connectivity index (χ1n) is 7.69. The van der Waals surface area contributed by atoms with E-state index < -0.39 is 10.9 Å². The number of carbonyl (C=O) groups is 1. The van der Waals surface area contributed by atoms with Crippen molar-refractivity contribution in [1.82, 2.24) is 10.2 Å². The molecular weight excluding hydrogens is 374 g/mol. The lowest BCUT2D eigenvalue weighted by Crippen LogP contribution is -2.00. The second kappa shape index (κ2) is 8.24. The lowest BCUT2D eigenvalue weighted by atomic mass is 10.2. The average molecular weight is 386 g/mol. The fourth-order valence-corrected chi connectivity index (χ4v) is 2.31. The number of ether oxygens (including phenoxy) is 1. The van der Waals surface area contributed by atoms with Crippen LogP contribution in [0.1, 0.15) is 11.5 Å². The van der Waals surface area contributed by atoms with Gasteiger partial charge in [-0.25, -0.2) is 4.79 Å². The molecule has 0 spiro atoms. The highest BCUT2D eigenvalue weighted by molar-refractivity contribution is 6.30. The van der Waals surface area contributed by atoms with Crippen LogP contribution in [0.4, 0.5) is 5.69 Å². The molecule has 3 rings (SSSR count). The van der Waals surface area contributed by atoms with E-state index in [4.69, 9.17) is 20.8 Å². The number of aromatic nitrogens is 2. The zero-order valence-corrected chi connectivity index (χ0v) is 14.5. The van der Waals surface area contributed by atoms with E-state index in [1.165, 1.54) is 30.3 Å². The number of hydrogen-bond donors (Lipinski definition) is 0. The summed E-state index contributed by atoms with van der Waals surface area (Å²) >= 11 is 5.87. The van der Waals surface area contributed by atoms with Crippen molar-refractivity contribution in [3.05, 3.63) is 81.2 Å². The number of hydrogen-bond acceptors (Lipinski definition) is 7. The molecule has 0 aliphatic carbocycles. The minimum absolute atomic E-state index is 0.0427. The number of nitro groups is 1. The molecule has 0 bridgehead atoms. The Morgan fingerprint density at radius 3 is 2.70 bits per heavy atom. The van der Waals surface area contributed by atoms with Gasteiger partial charge in [-0.1, -0.05) is 23.7 Å². The summed E-state index contributed by atoms with van der Waals surface area (Å²) < 4.78 is 10.4. The van der Waals surface area contributed by atoms with Crippen LogP contribution in [0.2, 0.25) is 5.02 Å². The van der Waals surface area contributed by atoms with E-state index in [1.54, 1.807) is 30.3 Å². The van der Waals surface area contributed by atoms with Crippen LogP contribution >= 0.6 is 11.6 Å². The topological polar surface area (TPSA) is 108 Å². The van der Waals surface area contributed by atoms with Crippen molar-refractivity contribution in [2.24, 2.45) is 0 Å². The van der Waals surface area contributed by atoms with Gasteiger partial charge in [-0.15, -0.1) is 10.2 Å². The summed E-state index contributed by atoms with van der Waals surface area (Å²) in [6, 6.07) is 12.7. The van der Waals surface area contributed by atoms with Gasteiger partial charge < -0.3 is 9.15 Å². The minimum Gasteiger partial charge on any atom is -0.452 e. The van der Waals surface area contributed by atoms with Crippen LogP contribution in [0.3, 0.4) is 0 Å². The van der Waals surface area contributed by atoms with Crippen molar-refractivity contribution in [3.63, 3.8) is 0 Å². The fourth-order valence-electron chi connectivity index (χ4n) is 2.11. The van der Waals surface area contributed by atoms with Crippen molar-refractivity contribution in [2.45, 2.75) is 6.61 Å². The lowest BCUT2D eigenvalue weighted by Gasteiger charge is -1.98. The Bertz CT molecular complexity index is 998. The number of carbonyl (C=O) groups excluding carboxylic acids is 1. The van der Waals surface area contributed by atoms with E-state index in [-0.39, 0.29) is 24.1 Å². The van der Waals surface area contributed by atoms with Gasteiger partial charge in [0.25, 0.3) is 11.6 Å². The molecule has 0 N–H and O–H groups in total. The number of non-ortho nitro benzene ring substituents is 1. The quantitative estimate of drug-likeness (QED) is 0.272. The normalized spacial score (nSPS) is 10.9. The molecule has 9 heteroatoms. The van der Waals surface area contributed by atoms with Gasteiger partial charge in [-0.2, -0.15) is 0 Å². The number of nitrogens with zero attached hydrogens (tertiary/aromatic N) is 3. The Labute approximate surface area is 158 Å². The summed E-state index contributed by atoms with van der Waals surface area (Å²) in [5, 5.41) is 18.8. The Kier molecular flexibility index (Phi) is 5.58. The summed E-state index contributed by atoms with van der Waals surface area (Å²) in [5.74, 6) is -0.302. The second-order valence-corrected chi connectivity index (χ2v) is 5.74. The Hall–Kier alpha value is -3.52. The van der Waals surface area contributed by atoms with E-state index in [0.29, 0.717) is 10.6 Å². The molecule has 27 heavy (non-hydrogen) atoms. The van der Waals surface area contributed by atoms with Crippen molar-refractivity contribution >= 4 is 29.3 Å². The molecule has 136 valence electrons. The van der Waals surface area contributed by atoms with Gasteiger partial charge in [0.05, 0.1) is 4.92 Å². The maximum atomic E-state index is 11.8. The Morgan fingerprint density at radius 2 is 2.00 bits per heavy atom. The number of nitro benzene ring substituents is 1. The van der Waals surface area contributed by atoms with Crippen LogP contribution in [-0.4, -0.2) is 21.1 Å². The first-order chi connectivity index (χ1) is 13.0. The van der Waals surface area contributed by atoms with Gasteiger partial charge in [0.1, 0.15) is 0 Å². The zero-order valence-electron chi connectivity index (χ0n) is 13.7. The van der Waals surface area contributed by atoms with E-state index in [2.05, 4.69) is 10.2 Å². The Morgan fingerprint density at radius 1 is 1.22 bits per heavy atom. The predicted octanol–water partition coefficient (Wildman–Crippen LogP) is 4.05. The summed E-state index contributed by atoms with van der Waals surface area (Å²) in [5.41, 5.74) is 1.24. The molecule has 2 aromatic carbocycles. The van der Waals surface area contributed by atoms with Crippen LogP contribution in [0.25, 0.3) is 17.5 Å². The van der Waals surface area contributed by atoms with Crippen LogP contribution in [0, 0.1) is 10.1 Å². The Balaban J connectivity index is 1.57. The van der Waals surface area contributed by atoms with Gasteiger partial charge in [0.2, 0.25) is 5.89 Å². The highest BCUT2D eigenvalue weighted by Crippen LogP contribution is 2.21. The van der Waals surface area contributed by atoms with Crippen molar-refractivity contribution in [3.8, 4) is 11.5 Å². The molecule has 0 amide bonds. The van der Waals surface area contributed by atoms with E-state index >= 15 is 0 Å². The number of halogens is 1. The third kappa shape index (κ3) is 4.99. The summed E-state index contributed by atoms with van der Waals surface area (Å²) in [6.45, 7) is -0.196. The van der Waals surface area contributed by atoms with Crippen LogP contribution in [-0.2, 0) is 16.1 Å². The van der Waals surface area contributed by atoms with Gasteiger partial charge in [-0.05, 0) is 35.9 Å². The van der Waals surface area contributed by atoms with Crippen molar-refractivity contribution in [2.75, 3.05) is 0 Å². The number of rotatable bonds is 6. The van der Waals surface area contributed by atoms with Crippen LogP contribution in [0.5, 0.6) is 0 Å². The maximum Gasteiger partial charge on any atom is 0.331 e. The van der Waals surface area contributed by atoms with Gasteiger partial charge >= 0.3 is 5.97 Å². The van der Waals surface area contributed by atoms with Crippen molar-refractivity contribution in [1.29, 1.82) is 0 Å². The largest absolute Gasteiger partial charge is 0.452 e. The third-order valence-electron chi connectivity index (χ3n) is 3.39. The highest BCUT2D eigenvalue weighted by Gasteiger charge is 2.12. The van der Waals surface area contributed by atoms with E-state index in [1.807, 2.05) is 0 Å². The van der Waals surface area contributed by atoms with Crippen LogP contribution < -0.4 is 0 Å². The third-order valence-corrected chi connectivity index (χ3v) is 3.63. The molecule has 0 atom stereocenters. The average Bonchev–Trinajstić information content (AvgIpc) is 3.14. The van der Waals surface area contributed by atoms with Gasteiger partial charge in [0.15, 0.2) is 6.61 Å². The molecular formula is C18H12ClN3O5. The summed E-state index contributed by atoms with van der Waals surface area (Å²) in [7, 11) is 0. The summed E-state index contributed by atoms with van der Waals surface area (Å²) in [4.78, 5) is 21.9. The smallest absolute Gasteiger partial charge is 0.331 e. The molecule has 8 nitrogen and oxygen atoms in total. The standard InChI is InChI=1S/C18H12ClN3O5/c19-14-3-1-2-12(10-14)4-9-17(23)26-11-16-20-21-18(27-16)13-5-7-15(8-6-13)22(24)25/h1-10H,11H2/b9-4+. The van der Waals surface area contributed by atoms with E-state index in [9.17, 15) is 14.9 Å². The highest BCUT2D eigenvalue weighted by atomic mass is 35.5. The first-order valence-corrected chi connectivity index (χ1v) is 8.07. The van der Waals surface area contributed by atoms with E-state index in [0.717, 1.165) is 5.56 Å². The molecule has 0 aliphatic rings. The molecule has 3 aromatic rings. The summed E-state index contributed by atoms with van der Waals surface area (Å²) in [6.07, 6.45) is 2.84. The second-order valence-electron chi connectivity index (χ2n) is 5.30.